The normalized spacial score (nSPS) is 25.0. The van der Waals surface area contributed by atoms with Crippen molar-refractivity contribution in [3.8, 4) is 0 Å². The number of hydrogen-bond donors (Lipinski definition) is 0. The van der Waals surface area contributed by atoms with Crippen LogP contribution in [0.4, 0.5) is 0 Å². The van der Waals surface area contributed by atoms with Crippen LogP contribution in [0.1, 0.15) is 22.4 Å². The van der Waals surface area contributed by atoms with E-state index in [0.717, 1.165) is 5.92 Å². The lowest BCUT2D eigenvalue weighted by Gasteiger charge is -2.13. The van der Waals surface area contributed by atoms with Crippen LogP contribution in [0.15, 0.2) is 24.3 Å². The van der Waals surface area contributed by atoms with E-state index < -0.39 is 0 Å². The van der Waals surface area contributed by atoms with Crippen LogP contribution in [-0.4, -0.2) is 12.0 Å². The van der Waals surface area contributed by atoms with E-state index in [0.29, 0.717) is 4.83 Å². The first kappa shape index (κ1) is 10.6. The number of thioether (sulfide) groups is 1. The van der Waals surface area contributed by atoms with Crippen LogP contribution in [-0.2, 0) is 6.42 Å². The van der Waals surface area contributed by atoms with Gasteiger partial charge in [-0.05, 0) is 41.9 Å². The number of benzene rings is 1. The SMILES string of the molecule is CSCCC1Cc2ccccc2C1Br. The van der Waals surface area contributed by atoms with Crippen LogP contribution in [0.2, 0.25) is 0 Å². The Morgan fingerprint density at radius 3 is 2.93 bits per heavy atom. The third kappa shape index (κ3) is 2.01. The lowest BCUT2D eigenvalue weighted by atomic mass is 10.0. The number of alkyl halides is 1. The third-order valence-corrected chi connectivity index (χ3v) is 4.83. The molecule has 0 fully saturated rings. The molecular formula is C12H15BrS. The van der Waals surface area contributed by atoms with E-state index in [1.807, 2.05) is 11.8 Å². The highest BCUT2D eigenvalue weighted by Crippen LogP contribution is 2.43. The fourth-order valence-electron chi connectivity index (χ4n) is 2.15. The van der Waals surface area contributed by atoms with E-state index in [1.54, 1.807) is 5.56 Å². The molecule has 0 aromatic heterocycles. The zero-order valence-electron chi connectivity index (χ0n) is 8.37. The van der Waals surface area contributed by atoms with Crippen molar-refractivity contribution < 1.29 is 0 Å². The molecule has 14 heavy (non-hydrogen) atoms. The Hall–Kier alpha value is 0.0500. The average Bonchev–Trinajstić information content (AvgIpc) is 2.54. The number of hydrogen-bond acceptors (Lipinski definition) is 1. The summed E-state index contributed by atoms with van der Waals surface area (Å²) in [5.74, 6) is 2.08. The summed E-state index contributed by atoms with van der Waals surface area (Å²) >= 11 is 5.77. The lowest BCUT2D eigenvalue weighted by molar-refractivity contribution is 0.543. The molecule has 0 nitrogen and oxygen atoms in total. The quantitative estimate of drug-likeness (QED) is 0.747. The van der Waals surface area contributed by atoms with Crippen LogP contribution in [0.5, 0.6) is 0 Å². The number of rotatable bonds is 3. The van der Waals surface area contributed by atoms with Gasteiger partial charge in [-0.15, -0.1) is 0 Å². The van der Waals surface area contributed by atoms with Crippen molar-refractivity contribution in [1.29, 1.82) is 0 Å². The lowest BCUT2D eigenvalue weighted by Crippen LogP contribution is -2.03. The van der Waals surface area contributed by atoms with Gasteiger partial charge in [0.1, 0.15) is 0 Å². The monoisotopic (exact) mass is 270 g/mol. The highest BCUT2D eigenvalue weighted by Gasteiger charge is 2.29. The van der Waals surface area contributed by atoms with Crippen LogP contribution in [0.25, 0.3) is 0 Å². The van der Waals surface area contributed by atoms with Crippen LogP contribution in [0, 0.1) is 5.92 Å². The second-order valence-corrected chi connectivity index (χ2v) is 5.82. The highest BCUT2D eigenvalue weighted by atomic mass is 79.9. The van der Waals surface area contributed by atoms with Crippen molar-refractivity contribution in [2.45, 2.75) is 17.7 Å². The Bertz CT molecular complexity index is 311. The van der Waals surface area contributed by atoms with Crippen molar-refractivity contribution in [3.05, 3.63) is 35.4 Å². The number of fused-ring (bicyclic) bond motifs is 1. The molecule has 0 saturated heterocycles. The van der Waals surface area contributed by atoms with Gasteiger partial charge in [0.25, 0.3) is 0 Å². The summed E-state index contributed by atoms with van der Waals surface area (Å²) in [5, 5.41) is 0. The maximum absolute atomic E-state index is 3.82. The molecule has 1 aromatic rings. The Kier molecular flexibility index (Phi) is 3.56. The molecule has 0 N–H and O–H groups in total. The van der Waals surface area contributed by atoms with E-state index in [2.05, 4.69) is 46.5 Å². The molecule has 2 atom stereocenters. The predicted molar refractivity (Wildman–Crippen MR) is 68.3 cm³/mol. The van der Waals surface area contributed by atoms with Gasteiger partial charge >= 0.3 is 0 Å². The smallest absolute Gasteiger partial charge is 0.0429 e. The summed E-state index contributed by atoms with van der Waals surface area (Å²) in [4.78, 5) is 0.589. The van der Waals surface area contributed by atoms with Gasteiger partial charge in [0.2, 0.25) is 0 Å². The molecule has 2 heteroatoms. The van der Waals surface area contributed by atoms with Gasteiger partial charge in [0, 0.05) is 4.83 Å². The van der Waals surface area contributed by atoms with Gasteiger partial charge in [0.15, 0.2) is 0 Å². The summed E-state index contributed by atoms with van der Waals surface area (Å²) in [6.07, 6.45) is 4.77. The molecule has 0 amide bonds. The summed E-state index contributed by atoms with van der Waals surface area (Å²) in [7, 11) is 0. The van der Waals surface area contributed by atoms with Crippen LogP contribution >= 0.6 is 27.7 Å². The van der Waals surface area contributed by atoms with Crippen molar-refractivity contribution in [1.82, 2.24) is 0 Å². The molecule has 2 rings (SSSR count). The fourth-order valence-corrected chi connectivity index (χ4v) is 3.58. The standard InChI is InChI=1S/C12H15BrS/c1-14-7-6-10-8-9-4-2-3-5-11(9)12(10)13/h2-5,10,12H,6-8H2,1H3. The van der Waals surface area contributed by atoms with Crippen molar-refractivity contribution in [2.24, 2.45) is 5.92 Å². The maximum Gasteiger partial charge on any atom is 0.0429 e. The highest BCUT2D eigenvalue weighted by molar-refractivity contribution is 9.09. The molecule has 0 aliphatic heterocycles. The van der Waals surface area contributed by atoms with Gasteiger partial charge in [-0.2, -0.15) is 11.8 Å². The summed E-state index contributed by atoms with van der Waals surface area (Å²) in [6.45, 7) is 0. The third-order valence-electron chi connectivity index (χ3n) is 2.94. The largest absolute Gasteiger partial charge is 0.165 e. The van der Waals surface area contributed by atoms with Gasteiger partial charge in [-0.25, -0.2) is 0 Å². The Morgan fingerprint density at radius 2 is 2.21 bits per heavy atom. The first-order valence-electron chi connectivity index (χ1n) is 5.03. The molecule has 2 unspecified atom stereocenters. The summed E-state index contributed by atoms with van der Waals surface area (Å²) < 4.78 is 0. The molecule has 0 saturated carbocycles. The minimum absolute atomic E-state index is 0.589. The minimum atomic E-state index is 0.589. The molecular weight excluding hydrogens is 256 g/mol. The zero-order chi connectivity index (χ0) is 9.97. The molecule has 1 aromatic carbocycles. The van der Waals surface area contributed by atoms with Gasteiger partial charge in [-0.3, -0.25) is 0 Å². The molecule has 0 radical (unpaired) electrons. The van der Waals surface area contributed by atoms with Crippen molar-refractivity contribution in [3.63, 3.8) is 0 Å². The Balaban J connectivity index is 2.09. The zero-order valence-corrected chi connectivity index (χ0v) is 10.8. The average molecular weight is 271 g/mol. The van der Waals surface area contributed by atoms with E-state index in [9.17, 15) is 0 Å². The number of halogens is 1. The first-order valence-corrected chi connectivity index (χ1v) is 7.34. The fraction of sp³-hybridized carbons (Fsp3) is 0.500. The molecule has 1 aliphatic carbocycles. The topological polar surface area (TPSA) is 0 Å². The van der Waals surface area contributed by atoms with Gasteiger partial charge < -0.3 is 0 Å². The van der Waals surface area contributed by atoms with E-state index in [4.69, 9.17) is 0 Å². The summed E-state index contributed by atoms with van der Waals surface area (Å²) in [5.41, 5.74) is 3.05. The van der Waals surface area contributed by atoms with Gasteiger partial charge in [-0.1, -0.05) is 40.2 Å². The van der Waals surface area contributed by atoms with E-state index in [1.165, 1.54) is 24.2 Å². The molecule has 1 aliphatic rings. The Labute approximate surface area is 98.6 Å². The van der Waals surface area contributed by atoms with Gasteiger partial charge in [0.05, 0.1) is 0 Å². The molecule has 76 valence electrons. The van der Waals surface area contributed by atoms with Crippen LogP contribution < -0.4 is 0 Å². The minimum Gasteiger partial charge on any atom is -0.165 e. The maximum atomic E-state index is 3.82. The van der Waals surface area contributed by atoms with Crippen LogP contribution in [0.3, 0.4) is 0 Å². The first-order chi connectivity index (χ1) is 6.83. The predicted octanol–water partition coefficient (Wildman–Crippen LogP) is 4.05. The van der Waals surface area contributed by atoms with Crippen molar-refractivity contribution >= 4 is 27.7 Å². The Morgan fingerprint density at radius 1 is 1.43 bits per heavy atom. The second-order valence-electron chi connectivity index (χ2n) is 3.85. The van der Waals surface area contributed by atoms with E-state index >= 15 is 0 Å². The second kappa shape index (κ2) is 4.71. The molecule has 0 heterocycles. The summed E-state index contributed by atoms with van der Waals surface area (Å²) in [6, 6.07) is 8.82. The molecule has 0 bridgehead atoms. The molecule has 0 spiro atoms. The van der Waals surface area contributed by atoms with Crippen molar-refractivity contribution in [2.75, 3.05) is 12.0 Å². The van der Waals surface area contributed by atoms with E-state index in [-0.39, 0.29) is 0 Å².